The van der Waals surface area contributed by atoms with Gasteiger partial charge in [-0.2, -0.15) is 0 Å². The van der Waals surface area contributed by atoms with Crippen LogP contribution in [0.25, 0.3) is 0 Å². The summed E-state index contributed by atoms with van der Waals surface area (Å²) in [7, 11) is 0. The maximum absolute atomic E-state index is 14.7. The average Bonchev–Trinajstić information content (AvgIpc) is 2.88. The van der Waals surface area contributed by atoms with E-state index in [1.807, 2.05) is 64.1 Å². The van der Waals surface area contributed by atoms with Crippen molar-refractivity contribution in [3.63, 3.8) is 0 Å². The van der Waals surface area contributed by atoms with Crippen molar-refractivity contribution in [2.24, 2.45) is 0 Å². The van der Waals surface area contributed by atoms with E-state index in [9.17, 15) is 14.0 Å². The number of hydrogen-bond donors (Lipinski definition) is 1. The van der Waals surface area contributed by atoms with Crippen LogP contribution >= 0.6 is 0 Å². The maximum atomic E-state index is 14.7. The van der Waals surface area contributed by atoms with Crippen LogP contribution in [-0.4, -0.2) is 35.9 Å². The summed E-state index contributed by atoms with van der Waals surface area (Å²) >= 11 is 0. The highest BCUT2D eigenvalue weighted by Crippen LogP contribution is 2.24. The lowest BCUT2D eigenvalue weighted by Gasteiger charge is -2.31. The van der Waals surface area contributed by atoms with Gasteiger partial charge in [0.2, 0.25) is 5.91 Å². The fourth-order valence-corrected chi connectivity index (χ4v) is 4.24. The Morgan fingerprint density at radius 1 is 1.00 bits per heavy atom. The van der Waals surface area contributed by atoms with E-state index in [1.165, 1.54) is 11.0 Å². The van der Waals surface area contributed by atoms with Crippen molar-refractivity contribution in [3.05, 3.63) is 100 Å². The number of nitrogens with zero attached hydrogens (tertiary/aromatic N) is 1. The number of rotatable bonds is 12. The van der Waals surface area contributed by atoms with Gasteiger partial charge in [-0.25, -0.2) is 4.39 Å². The van der Waals surface area contributed by atoms with E-state index < -0.39 is 11.9 Å². The van der Waals surface area contributed by atoms with Crippen LogP contribution in [0.2, 0.25) is 0 Å². The van der Waals surface area contributed by atoms with Crippen LogP contribution in [-0.2, 0) is 22.6 Å². The van der Waals surface area contributed by atoms with Crippen molar-refractivity contribution < 1.29 is 18.7 Å². The van der Waals surface area contributed by atoms with E-state index in [0.29, 0.717) is 24.3 Å². The van der Waals surface area contributed by atoms with Gasteiger partial charge < -0.3 is 15.0 Å². The number of hydrogen-bond acceptors (Lipinski definition) is 3. The van der Waals surface area contributed by atoms with Crippen molar-refractivity contribution in [2.75, 3.05) is 13.2 Å². The zero-order chi connectivity index (χ0) is 26.8. The third-order valence-electron chi connectivity index (χ3n) is 6.51. The molecule has 0 heterocycles. The van der Waals surface area contributed by atoms with E-state index in [1.54, 1.807) is 18.2 Å². The zero-order valence-electron chi connectivity index (χ0n) is 22.2. The van der Waals surface area contributed by atoms with Crippen molar-refractivity contribution in [1.82, 2.24) is 10.2 Å². The molecule has 196 valence electrons. The highest BCUT2D eigenvalue weighted by Gasteiger charge is 2.31. The van der Waals surface area contributed by atoms with Gasteiger partial charge in [0.15, 0.2) is 6.61 Å². The Labute approximate surface area is 219 Å². The molecule has 3 rings (SSSR count). The molecule has 1 unspecified atom stereocenters. The number of unbranched alkanes of at least 4 members (excludes halogenated alkanes) is 1. The Morgan fingerprint density at radius 2 is 1.70 bits per heavy atom. The van der Waals surface area contributed by atoms with Crippen LogP contribution in [0.4, 0.5) is 4.39 Å². The minimum atomic E-state index is -0.824. The van der Waals surface area contributed by atoms with Gasteiger partial charge in [-0.15, -0.1) is 0 Å². The summed E-state index contributed by atoms with van der Waals surface area (Å²) in [5.41, 5.74) is 4.32. The van der Waals surface area contributed by atoms with Gasteiger partial charge in [0, 0.05) is 25.1 Å². The first kappa shape index (κ1) is 27.9. The lowest BCUT2D eigenvalue weighted by molar-refractivity contribution is -0.142. The van der Waals surface area contributed by atoms with Crippen LogP contribution in [0.1, 0.15) is 47.6 Å². The van der Waals surface area contributed by atoms with Gasteiger partial charge in [0.25, 0.3) is 5.91 Å². The molecule has 37 heavy (non-hydrogen) atoms. The first-order valence-electron chi connectivity index (χ1n) is 12.8. The smallest absolute Gasteiger partial charge is 0.261 e. The monoisotopic (exact) mass is 504 g/mol. The molecule has 0 radical (unpaired) electrons. The summed E-state index contributed by atoms with van der Waals surface area (Å²) in [5, 5.41) is 2.97. The third-order valence-corrected chi connectivity index (χ3v) is 6.51. The topological polar surface area (TPSA) is 58.6 Å². The fourth-order valence-electron chi connectivity index (χ4n) is 4.24. The Balaban J connectivity index is 1.93. The fraction of sp³-hybridized carbons (Fsp3) is 0.355. The second-order valence-corrected chi connectivity index (χ2v) is 9.46. The second-order valence-electron chi connectivity index (χ2n) is 9.46. The van der Waals surface area contributed by atoms with Crippen LogP contribution in [0.3, 0.4) is 0 Å². The number of halogens is 1. The molecule has 0 aliphatic carbocycles. The molecule has 5 nitrogen and oxygen atoms in total. The summed E-state index contributed by atoms with van der Waals surface area (Å²) in [6.45, 7) is 8.19. The van der Waals surface area contributed by atoms with E-state index in [-0.39, 0.29) is 25.0 Å². The predicted molar refractivity (Wildman–Crippen MR) is 145 cm³/mol. The molecule has 3 aromatic carbocycles. The van der Waals surface area contributed by atoms with Crippen molar-refractivity contribution in [2.45, 2.75) is 59.5 Å². The van der Waals surface area contributed by atoms with Gasteiger partial charge in [-0.3, -0.25) is 9.59 Å². The van der Waals surface area contributed by atoms with Gasteiger partial charge in [-0.05, 0) is 61.6 Å². The Bertz CT molecular complexity index is 1200. The first-order chi connectivity index (χ1) is 17.8. The highest BCUT2D eigenvalue weighted by molar-refractivity contribution is 5.88. The molecule has 0 aliphatic heterocycles. The van der Waals surface area contributed by atoms with Crippen molar-refractivity contribution >= 4 is 11.8 Å². The Morgan fingerprint density at radius 3 is 2.41 bits per heavy atom. The number of carbonyl (C=O) groups is 2. The van der Waals surface area contributed by atoms with Gasteiger partial charge in [0.05, 0.1) is 0 Å². The Hall–Kier alpha value is -3.67. The molecule has 1 N–H and O–H groups in total. The van der Waals surface area contributed by atoms with E-state index in [0.717, 1.165) is 35.1 Å². The van der Waals surface area contributed by atoms with Gasteiger partial charge in [0.1, 0.15) is 17.6 Å². The van der Waals surface area contributed by atoms with Crippen LogP contribution in [0.5, 0.6) is 5.75 Å². The normalized spacial score (nSPS) is 11.6. The summed E-state index contributed by atoms with van der Waals surface area (Å²) in [4.78, 5) is 28.5. The molecule has 2 amide bonds. The van der Waals surface area contributed by atoms with Crippen LogP contribution in [0.15, 0.2) is 66.7 Å². The minimum absolute atomic E-state index is 0.0423. The van der Waals surface area contributed by atoms with Crippen LogP contribution in [0, 0.1) is 26.6 Å². The lowest BCUT2D eigenvalue weighted by atomic mass is 10.0. The number of amides is 2. The molecule has 0 fully saturated rings. The van der Waals surface area contributed by atoms with E-state index >= 15 is 0 Å². The molecule has 0 bridgehead atoms. The number of ether oxygens (including phenoxy) is 1. The molecule has 0 saturated carbocycles. The van der Waals surface area contributed by atoms with E-state index in [4.69, 9.17) is 4.74 Å². The number of aryl methyl sites for hydroxylation is 2. The van der Waals surface area contributed by atoms with Gasteiger partial charge in [-0.1, -0.05) is 67.9 Å². The summed E-state index contributed by atoms with van der Waals surface area (Å²) in [6.07, 6.45) is 2.08. The molecule has 6 heteroatoms. The second kappa shape index (κ2) is 13.6. The number of benzene rings is 3. The van der Waals surface area contributed by atoms with Crippen molar-refractivity contribution in [1.29, 1.82) is 0 Å². The molecular weight excluding hydrogens is 467 g/mol. The summed E-state index contributed by atoms with van der Waals surface area (Å²) in [6, 6.07) is 19.0. The SMILES string of the molecule is CCCCNC(=O)C(Cc1ccccc1)N(Cc1ccccc1F)C(=O)COc1cc(C)cc(C)c1C. The summed E-state index contributed by atoms with van der Waals surface area (Å²) in [5.74, 6) is -0.433. The molecule has 0 aromatic heterocycles. The molecule has 0 saturated heterocycles. The van der Waals surface area contributed by atoms with Crippen LogP contribution < -0.4 is 10.1 Å². The largest absolute Gasteiger partial charge is 0.483 e. The molecule has 3 aromatic rings. The standard InChI is InChI=1S/C31H37FN2O3/c1-5-6-16-33-31(36)28(19-25-12-8-7-9-13-25)34(20-26-14-10-11-15-27(26)32)30(35)21-37-29-18-22(2)17-23(3)24(29)4/h7-15,17-18,28H,5-6,16,19-21H2,1-4H3,(H,33,36). The van der Waals surface area contributed by atoms with Gasteiger partial charge >= 0.3 is 0 Å². The third kappa shape index (κ3) is 7.91. The predicted octanol–water partition coefficient (Wildman–Crippen LogP) is 5.69. The first-order valence-corrected chi connectivity index (χ1v) is 12.8. The number of nitrogens with one attached hydrogen (secondary N) is 1. The Kier molecular flexibility index (Phi) is 10.2. The summed E-state index contributed by atoms with van der Waals surface area (Å²) < 4.78 is 20.6. The zero-order valence-corrected chi connectivity index (χ0v) is 22.2. The molecular formula is C31H37FN2O3. The highest BCUT2D eigenvalue weighted by atomic mass is 19.1. The lowest BCUT2D eigenvalue weighted by Crippen LogP contribution is -2.52. The average molecular weight is 505 g/mol. The van der Waals surface area contributed by atoms with Crippen molar-refractivity contribution in [3.8, 4) is 5.75 Å². The quantitative estimate of drug-likeness (QED) is 0.323. The molecule has 1 atom stereocenters. The molecule has 0 aliphatic rings. The maximum Gasteiger partial charge on any atom is 0.261 e. The number of carbonyl (C=O) groups excluding carboxylic acids is 2. The molecule has 0 spiro atoms. The minimum Gasteiger partial charge on any atom is -0.483 e. The van der Waals surface area contributed by atoms with E-state index in [2.05, 4.69) is 11.4 Å².